The standard InChI is InChI=1S/C23H24FN3O3/c1-16-12-21(17(2)30-16)23(29)27(15-18-5-7-20(24)8-6-18)11-9-22(28)26-14-19-4-3-10-25-13-19/h3-8,10,12-13H,9,11,14-15H2,1-2H3,(H,26,28). The normalized spacial score (nSPS) is 10.6. The summed E-state index contributed by atoms with van der Waals surface area (Å²) in [6.07, 6.45) is 3.50. The first-order valence-electron chi connectivity index (χ1n) is 9.68. The topological polar surface area (TPSA) is 75.4 Å². The molecule has 0 aliphatic carbocycles. The van der Waals surface area contributed by atoms with Gasteiger partial charge < -0.3 is 14.6 Å². The monoisotopic (exact) mass is 409 g/mol. The van der Waals surface area contributed by atoms with E-state index in [1.54, 1.807) is 55.4 Å². The molecule has 0 aliphatic rings. The van der Waals surface area contributed by atoms with Gasteiger partial charge in [-0.3, -0.25) is 14.6 Å². The number of carbonyl (C=O) groups is 2. The van der Waals surface area contributed by atoms with Crippen LogP contribution in [0.4, 0.5) is 4.39 Å². The van der Waals surface area contributed by atoms with E-state index in [0.29, 0.717) is 23.6 Å². The van der Waals surface area contributed by atoms with Crippen LogP contribution in [0.25, 0.3) is 0 Å². The Balaban J connectivity index is 1.67. The maximum absolute atomic E-state index is 13.2. The van der Waals surface area contributed by atoms with Gasteiger partial charge >= 0.3 is 0 Å². The summed E-state index contributed by atoms with van der Waals surface area (Å²) in [5, 5.41) is 2.83. The van der Waals surface area contributed by atoms with Crippen molar-refractivity contribution in [3.8, 4) is 0 Å². The number of hydrogen-bond donors (Lipinski definition) is 1. The van der Waals surface area contributed by atoms with Crippen molar-refractivity contribution in [1.29, 1.82) is 0 Å². The molecule has 7 heteroatoms. The first-order valence-corrected chi connectivity index (χ1v) is 9.68. The van der Waals surface area contributed by atoms with Crippen LogP contribution < -0.4 is 5.32 Å². The summed E-state index contributed by atoms with van der Waals surface area (Å²) in [6, 6.07) is 11.3. The Morgan fingerprint density at radius 2 is 1.90 bits per heavy atom. The fourth-order valence-corrected chi connectivity index (χ4v) is 3.10. The Bertz CT molecular complexity index is 1000. The van der Waals surface area contributed by atoms with Crippen LogP contribution in [0.2, 0.25) is 0 Å². The molecule has 1 N–H and O–H groups in total. The number of furan rings is 1. The first-order chi connectivity index (χ1) is 14.4. The van der Waals surface area contributed by atoms with Crippen LogP contribution >= 0.6 is 0 Å². The summed E-state index contributed by atoms with van der Waals surface area (Å²) in [6.45, 7) is 4.37. The number of pyridine rings is 1. The van der Waals surface area contributed by atoms with E-state index >= 15 is 0 Å². The third-order valence-corrected chi connectivity index (χ3v) is 4.67. The van der Waals surface area contributed by atoms with E-state index in [4.69, 9.17) is 4.42 Å². The number of aromatic nitrogens is 1. The molecule has 0 saturated heterocycles. The lowest BCUT2D eigenvalue weighted by molar-refractivity contribution is -0.121. The minimum Gasteiger partial charge on any atom is -0.466 e. The van der Waals surface area contributed by atoms with Crippen molar-refractivity contribution in [3.63, 3.8) is 0 Å². The summed E-state index contributed by atoms with van der Waals surface area (Å²) < 4.78 is 18.7. The summed E-state index contributed by atoms with van der Waals surface area (Å²) in [4.78, 5) is 31.0. The summed E-state index contributed by atoms with van der Waals surface area (Å²) in [5.41, 5.74) is 2.14. The van der Waals surface area contributed by atoms with Gasteiger partial charge in [-0.05, 0) is 49.2 Å². The minimum absolute atomic E-state index is 0.142. The van der Waals surface area contributed by atoms with Gasteiger partial charge in [-0.1, -0.05) is 18.2 Å². The molecule has 2 aromatic heterocycles. The Kier molecular flexibility index (Phi) is 6.95. The molecular formula is C23H24FN3O3. The van der Waals surface area contributed by atoms with Gasteiger partial charge in [-0.2, -0.15) is 0 Å². The van der Waals surface area contributed by atoms with Crippen molar-refractivity contribution >= 4 is 11.8 Å². The lowest BCUT2D eigenvalue weighted by Crippen LogP contribution is -2.35. The van der Waals surface area contributed by atoms with Crippen LogP contribution in [-0.2, 0) is 17.9 Å². The van der Waals surface area contributed by atoms with Crippen molar-refractivity contribution in [3.05, 3.63) is 88.9 Å². The van der Waals surface area contributed by atoms with E-state index in [2.05, 4.69) is 10.3 Å². The maximum Gasteiger partial charge on any atom is 0.257 e. The molecule has 0 spiro atoms. The highest BCUT2D eigenvalue weighted by atomic mass is 19.1. The highest BCUT2D eigenvalue weighted by Crippen LogP contribution is 2.18. The number of rotatable bonds is 8. The molecule has 2 amide bonds. The summed E-state index contributed by atoms with van der Waals surface area (Å²) in [7, 11) is 0. The Morgan fingerprint density at radius 1 is 1.13 bits per heavy atom. The smallest absolute Gasteiger partial charge is 0.257 e. The number of hydrogen-bond acceptors (Lipinski definition) is 4. The van der Waals surface area contributed by atoms with Crippen LogP contribution in [0, 0.1) is 19.7 Å². The first kappa shape index (κ1) is 21.2. The van der Waals surface area contributed by atoms with E-state index in [0.717, 1.165) is 11.1 Å². The second-order valence-electron chi connectivity index (χ2n) is 7.07. The van der Waals surface area contributed by atoms with Gasteiger partial charge in [0, 0.05) is 38.4 Å². The predicted molar refractivity (Wildman–Crippen MR) is 110 cm³/mol. The fraction of sp³-hybridized carbons (Fsp3) is 0.261. The van der Waals surface area contributed by atoms with Crippen molar-refractivity contribution in [2.24, 2.45) is 0 Å². The highest BCUT2D eigenvalue weighted by Gasteiger charge is 2.21. The van der Waals surface area contributed by atoms with Crippen LogP contribution in [0.15, 0.2) is 59.3 Å². The Hall–Kier alpha value is -3.48. The van der Waals surface area contributed by atoms with Crippen LogP contribution in [0.1, 0.15) is 39.4 Å². The number of nitrogens with one attached hydrogen (secondary N) is 1. The van der Waals surface area contributed by atoms with Gasteiger partial charge in [0.25, 0.3) is 5.91 Å². The molecule has 0 saturated carbocycles. The third kappa shape index (κ3) is 5.76. The molecular weight excluding hydrogens is 385 g/mol. The zero-order chi connectivity index (χ0) is 21.5. The predicted octanol–water partition coefficient (Wildman–Crippen LogP) is 3.78. The van der Waals surface area contributed by atoms with E-state index in [1.165, 1.54) is 12.1 Å². The van der Waals surface area contributed by atoms with Crippen molar-refractivity contribution < 1.29 is 18.4 Å². The fourth-order valence-electron chi connectivity index (χ4n) is 3.10. The third-order valence-electron chi connectivity index (χ3n) is 4.67. The van der Waals surface area contributed by atoms with Gasteiger partial charge in [0.05, 0.1) is 5.56 Å². The zero-order valence-corrected chi connectivity index (χ0v) is 17.0. The van der Waals surface area contributed by atoms with Gasteiger partial charge in [0.1, 0.15) is 17.3 Å². The Labute approximate surface area is 174 Å². The summed E-state index contributed by atoms with van der Waals surface area (Å²) in [5.74, 6) is 0.437. The molecule has 0 atom stereocenters. The Morgan fingerprint density at radius 3 is 2.53 bits per heavy atom. The van der Waals surface area contributed by atoms with Crippen LogP contribution in [0.5, 0.6) is 0 Å². The largest absolute Gasteiger partial charge is 0.466 e. The lowest BCUT2D eigenvalue weighted by atomic mass is 10.1. The molecule has 0 radical (unpaired) electrons. The van der Waals surface area contributed by atoms with Crippen molar-refractivity contribution in [1.82, 2.24) is 15.2 Å². The van der Waals surface area contributed by atoms with E-state index in [-0.39, 0.29) is 37.1 Å². The van der Waals surface area contributed by atoms with Gasteiger partial charge in [0.15, 0.2) is 0 Å². The maximum atomic E-state index is 13.2. The number of aryl methyl sites for hydroxylation is 2. The number of halogens is 1. The number of benzene rings is 1. The average molecular weight is 409 g/mol. The molecule has 0 unspecified atom stereocenters. The molecule has 1 aromatic carbocycles. The van der Waals surface area contributed by atoms with E-state index in [1.807, 2.05) is 6.07 Å². The van der Waals surface area contributed by atoms with Gasteiger partial charge in [-0.25, -0.2) is 4.39 Å². The molecule has 0 aliphatic heterocycles. The molecule has 30 heavy (non-hydrogen) atoms. The molecule has 156 valence electrons. The molecule has 3 rings (SSSR count). The minimum atomic E-state index is -0.340. The SMILES string of the molecule is Cc1cc(C(=O)N(CCC(=O)NCc2cccnc2)Cc2ccc(F)cc2)c(C)o1. The van der Waals surface area contributed by atoms with Gasteiger partial charge in [0.2, 0.25) is 5.91 Å². The van der Waals surface area contributed by atoms with Crippen molar-refractivity contribution in [2.45, 2.75) is 33.4 Å². The highest BCUT2D eigenvalue weighted by molar-refractivity contribution is 5.95. The molecule has 6 nitrogen and oxygen atoms in total. The average Bonchev–Trinajstić information content (AvgIpc) is 3.09. The summed E-state index contributed by atoms with van der Waals surface area (Å²) >= 11 is 0. The molecule has 2 heterocycles. The zero-order valence-electron chi connectivity index (χ0n) is 17.0. The van der Waals surface area contributed by atoms with Gasteiger partial charge in [-0.15, -0.1) is 0 Å². The number of nitrogens with zero attached hydrogens (tertiary/aromatic N) is 2. The van der Waals surface area contributed by atoms with Crippen LogP contribution in [-0.4, -0.2) is 28.2 Å². The molecule has 3 aromatic rings. The second-order valence-corrected chi connectivity index (χ2v) is 7.07. The van der Waals surface area contributed by atoms with Crippen LogP contribution in [0.3, 0.4) is 0 Å². The van der Waals surface area contributed by atoms with E-state index in [9.17, 15) is 14.0 Å². The number of amides is 2. The van der Waals surface area contributed by atoms with E-state index < -0.39 is 0 Å². The van der Waals surface area contributed by atoms with Crippen molar-refractivity contribution in [2.75, 3.05) is 6.54 Å². The lowest BCUT2D eigenvalue weighted by Gasteiger charge is -2.22. The second kappa shape index (κ2) is 9.82. The molecule has 0 bridgehead atoms. The molecule has 0 fully saturated rings. The quantitative estimate of drug-likeness (QED) is 0.614. The number of carbonyl (C=O) groups excluding carboxylic acids is 2.